The van der Waals surface area contributed by atoms with Gasteiger partial charge in [-0.1, -0.05) is 44.2 Å². The van der Waals surface area contributed by atoms with E-state index < -0.39 is 12.0 Å². The van der Waals surface area contributed by atoms with Crippen molar-refractivity contribution in [3.8, 4) is 0 Å². The van der Waals surface area contributed by atoms with Crippen LogP contribution in [0.25, 0.3) is 0 Å². The highest BCUT2D eigenvalue weighted by molar-refractivity contribution is 5.80. The summed E-state index contributed by atoms with van der Waals surface area (Å²) in [5.74, 6) is 0.427. The van der Waals surface area contributed by atoms with Crippen LogP contribution in [0.5, 0.6) is 0 Å². The summed E-state index contributed by atoms with van der Waals surface area (Å²) in [6.07, 6.45) is 3.55. The summed E-state index contributed by atoms with van der Waals surface area (Å²) in [5, 5.41) is 18.0. The number of ether oxygens (including phenoxy) is 1. The lowest BCUT2D eigenvalue weighted by atomic mass is 9.95. The molecule has 4 N–H and O–H groups in total. The normalized spacial score (nSPS) is 27.0. The fraction of sp³-hybridized carbons (Fsp3) is 0.583. The van der Waals surface area contributed by atoms with E-state index in [0.717, 1.165) is 43.1 Å². The molecule has 0 spiro atoms. The summed E-state index contributed by atoms with van der Waals surface area (Å²) in [4.78, 5) is 20.9. The summed E-state index contributed by atoms with van der Waals surface area (Å²) >= 11 is 0. The first-order chi connectivity index (χ1) is 15.0. The molecule has 1 aromatic heterocycles. The Kier molecular flexibility index (Phi) is 7.05. The van der Waals surface area contributed by atoms with Gasteiger partial charge in [-0.2, -0.15) is 0 Å². The zero-order valence-corrected chi connectivity index (χ0v) is 18.4. The maximum absolute atomic E-state index is 13.0. The van der Waals surface area contributed by atoms with Crippen LogP contribution in [0.4, 0.5) is 0 Å². The van der Waals surface area contributed by atoms with Crippen LogP contribution >= 0.6 is 0 Å². The topological polar surface area (TPSA) is 99.3 Å². The SMILES string of the molecule is CC(C)c1ncc([C@@H]2[C@H](O)[C@@H](C(=O)NCc3ccccc3)C[C@H]2NC2CCOCC2)[nH]1. The number of nitrogens with one attached hydrogen (secondary N) is 3. The first-order valence-electron chi connectivity index (χ1n) is 11.4. The third-order valence-corrected chi connectivity index (χ3v) is 6.56. The Morgan fingerprint density at radius 3 is 2.68 bits per heavy atom. The van der Waals surface area contributed by atoms with Gasteiger partial charge in [-0.15, -0.1) is 0 Å². The van der Waals surface area contributed by atoms with Crippen molar-refractivity contribution in [2.75, 3.05) is 13.2 Å². The number of hydrogen-bond acceptors (Lipinski definition) is 5. The van der Waals surface area contributed by atoms with Crippen LogP contribution in [0.3, 0.4) is 0 Å². The van der Waals surface area contributed by atoms with E-state index in [-0.39, 0.29) is 23.8 Å². The monoisotopic (exact) mass is 426 g/mol. The molecule has 2 fully saturated rings. The third-order valence-electron chi connectivity index (χ3n) is 6.56. The highest BCUT2D eigenvalue weighted by Crippen LogP contribution is 2.39. The number of nitrogens with zero attached hydrogens (tertiary/aromatic N) is 1. The maximum atomic E-state index is 13.0. The van der Waals surface area contributed by atoms with Gasteiger partial charge in [0.2, 0.25) is 5.91 Å². The molecule has 4 rings (SSSR count). The molecule has 2 aromatic rings. The number of benzene rings is 1. The van der Waals surface area contributed by atoms with Gasteiger partial charge in [0.05, 0.1) is 12.0 Å². The minimum atomic E-state index is -0.770. The number of amides is 1. The molecule has 4 atom stereocenters. The largest absolute Gasteiger partial charge is 0.392 e. The second kappa shape index (κ2) is 9.94. The van der Waals surface area contributed by atoms with E-state index in [4.69, 9.17) is 4.74 Å². The molecule has 1 aromatic carbocycles. The van der Waals surface area contributed by atoms with Gasteiger partial charge in [0.15, 0.2) is 0 Å². The number of aromatic nitrogens is 2. The number of carbonyl (C=O) groups is 1. The van der Waals surface area contributed by atoms with Crippen molar-refractivity contribution in [1.29, 1.82) is 0 Å². The van der Waals surface area contributed by atoms with Crippen LogP contribution in [0.15, 0.2) is 36.5 Å². The number of hydrogen-bond donors (Lipinski definition) is 4. The Hall–Kier alpha value is -2.22. The predicted octanol–water partition coefficient (Wildman–Crippen LogP) is 2.45. The third kappa shape index (κ3) is 5.17. The lowest BCUT2D eigenvalue weighted by Gasteiger charge is -2.30. The van der Waals surface area contributed by atoms with E-state index >= 15 is 0 Å². The number of aromatic amines is 1. The molecule has 1 aliphatic heterocycles. The average molecular weight is 427 g/mol. The van der Waals surface area contributed by atoms with E-state index in [1.807, 2.05) is 36.5 Å². The molecular formula is C24H34N4O3. The van der Waals surface area contributed by atoms with E-state index in [0.29, 0.717) is 19.0 Å². The highest BCUT2D eigenvalue weighted by Gasteiger charge is 2.47. The molecule has 31 heavy (non-hydrogen) atoms. The van der Waals surface area contributed by atoms with E-state index in [1.54, 1.807) is 0 Å². The quantitative estimate of drug-likeness (QED) is 0.545. The summed E-state index contributed by atoms with van der Waals surface area (Å²) in [5.41, 5.74) is 1.95. The zero-order valence-electron chi connectivity index (χ0n) is 18.4. The molecule has 1 saturated heterocycles. The van der Waals surface area contributed by atoms with Gasteiger partial charge in [-0.05, 0) is 24.8 Å². The lowest BCUT2D eigenvalue weighted by Crippen LogP contribution is -2.43. The zero-order chi connectivity index (χ0) is 21.8. The summed E-state index contributed by atoms with van der Waals surface area (Å²) in [6, 6.07) is 10.2. The maximum Gasteiger partial charge on any atom is 0.226 e. The van der Waals surface area contributed by atoms with E-state index in [1.165, 1.54) is 0 Å². The highest BCUT2D eigenvalue weighted by atomic mass is 16.5. The van der Waals surface area contributed by atoms with Crippen LogP contribution in [0, 0.1) is 5.92 Å². The van der Waals surface area contributed by atoms with Crippen molar-refractivity contribution in [2.45, 2.75) is 69.7 Å². The molecule has 1 aliphatic carbocycles. The van der Waals surface area contributed by atoms with Crippen LogP contribution in [0.2, 0.25) is 0 Å². The molecule has 0 bridgehead atoms. The minimum Gasteiger partial charge on any atom is -0.392 e. The van der Waals surface area contributed by atoms with Crippen molar-refractivity contribution in [3.05, 3.63) is 53.6 Å². The van der Waals surface area contributed by atoms with Crippen LogP contribution in [-0.4, -0.2) is 52.4 Å². The molecule has 1 amide bonds. The van der Waals surface area contributed by atoms with Crippen molar-refractivity contribution >= 4 is 5.91 Å². The van der Waals surface area contributed by atoms with E-state index in [2.05, 4.69) is 34.4 Å². The second-order valence-electron chi connectivity index (χ2n) is 9.10. The van der Waals surface area contributed by atoms with Gasteiger partial charge in [0.1, 0.15) is 5.82 Å². The first-order valence-corrected chi connectivity index (χ1v) is 11.4. The van der Waals surface area contributed by atoms with E-state index in [9.17, 15) is 9.90 Å². The van der Waals surface area contributed by atoms with Crippen LogP contribution < -0.4 is 10.6 Å². The summed E-state index contributed by atoms with van der Waals surface area (Å²) < 4.78 is 5.49. The molecule has 2 heterocycles. The van der Waals surface area contributed by atoms with Gasteiger partial charge in [0.25, 0.3) is 0 Å². The smallest absolute Gasteiger partial charge is 0.226 e. The van der Waals surface area contributed by atoms with Gasteiger partial charge >= 0.3 is 0 Å². The van der Waals surface area contributed by atoms with Crippen LogP contribution in [0.1, 0.15) is 62.0 Å². The lowest BCUT2D eigenvalue weighted by molar-refractivity contribution is -0.127. The van der Waals surface area contributed by atoms with Gasteiger partial charge in [-0.25, -0.2) is 4.98 Å². The summed E-state index contributed by atoms with van der Waals surface area (Å²) in [6.45, 7) is 6.14. The molecule has 0 radical (unpaired) electrons. The fourth-order valence-electron chi connectivity index (χ4n) is 4.78. The standard InChI is InChI=1S/C24H34N4O3/c1-15(2)23-25-14-20(28-23)21-19(27-17-8-10-31-11-9-17)12-18(22(21)29)24(30)26-13-16-6-4-3-5-7-16/h3-7,14-15,17-19,21-22,27,29H,8-13H2,1-2H3,(H,25,28)(H,26,30)/t18-,19+,21+,22+/m0/s1. The van der Waals surface area contributed by atoms with Gasteiger partial charge in [0, 0.05) is 55.6 Å². The Morgan fingerprint density at radius 1 is 1.26 bits per heavy atom. The minimum absolute atomic E-state index is 0.00559. The molecule has 7 heteroatoms. The summed E-state index contributed by atoms with van der Waals surface area (Å²) in [7, 11) is 0. The molecule has 7 nitrogen and oxygen atoms in total. The van der Waals surface area contributed by atoms with Crippen LogP contribution in [-0.2, 0) is 16.1 Å². The van der Waals surface area contributed by atoms with Crippen molar-refractivity contribution < 1.29 is 14.6 Å². The molecular weight excluding hydrogens is 392 g/mol. The van der Waals surface area contributed by atoms with Crippen molar-refractivity contribution in [3.63, 3.8) is 0 Å². The van der Waals surface area contributed by atoms with Gasteiger partial charge in [-0.3, -0.25) is 4.79 Å². The number of aliphatic hydroxyl groups excluding tert-OH is 1. The second-order valence-corrected chi connectivity index (χ2v) is 9.10. The number of H-pyrrole nitrogens is 1. The first kappa shape index (κ1) is 22.0. The number of imidazole rings is 1. The van der Waals surface area contributed by atoms with Crippen molar-refractivity contribution in [1.82, 2.24) is 20.6 Å². The molecule has 0 unspecified atom stereocenters. The fourth-order valence-corrected chi connectivity index (χ4v) is 4.78. The Balaban J connectivity index is 1.49. The number of rotatable bonds is 7. The number of carbonyl (C=O) groups excluding carboxylic acids is 1. The molecule has 1 saturated carbocycles. The molecule has 2 aliphatic rings. The Morgan fingerprint density at radius 2 is 2.00 bits per heavy atom. The Bertz CT molecular complexity index is 848. The Labute approximate surface area is 184 Å². The average Bonchev–Trinajstić information content (AvgIpc) is 3.38. The van der Waals surface area contributed by atoms with Gasteiger partial charge < -0.3 is 25.5 Å². The van der Waals surface area contributed by atoms with Crippen molar-refractivity contribution in [2.24, 2.45) is 5.92 Å². The predicted molar refractivity (Wildman–Crippen MR) is 119 cm³/mol. The number of aliphatic hydroxyl groups is 1. The molecule has 168 valence electrons.